The molecule has 28 heavy (non-hydrogen) atoms. The fourth-order valence-electron chi connectivity index (χ4n) is 7.44. The van der Waals surface area contributed by atoms with Crippen molar-refractivity contribution in [1.82, 2.24) is 0 Å². The van der Waals surface area contributed by atoms with Crippen molar-refractivity contribution in [2.24, 2.45) is 28.6 Å². The second-order valence-electron chi connectivity index (χ2n) is 10.1. The minimum atomic E-state index is -3.11. The second kappa shape index (κ2) is 6.63. The van der Waals surface area contributed by atoms with Crippen LogP contribution in [-0.2, 0) is 9.53 Å². The molecule has 158 valence electrons. The predicted molar refractivity (Wildman–Crippen MR) is 111 cm³/mol. The molecule has 6 heteroatoms. The van der Waals surface area contributed by atoms with E-state index in [2.05, 4.69) is 13.0 Å². The molecule has 1 unspecified atom stereocenters. The van der Waals surface area contributed by atoms with Crippen LogP contribution in [0.15, 0.2) is 11.6 Å². The highest BCUT2D eigenvalue weighted by atomic mass is 127. The highest BCUT2D eigenvalue weighted by Gasteiger charge is 2.70. The molecule has 3 saturated carbocycles. The molecule has 0 aliphatic heterocycles. The summed E-state index contributed by atoms with van der Waals surface area (Å²) in [5, 5.41) is 11.1. The highest BCUT2D eigenvalue weighted by molar-refractivity contribution is 14.1. The van der Waals surface area contributed by atoms with Crippen molar-refractivity contribution in [3.8, 4) is 0 Å². The first-order valence-electron chi connectivity index (χ1n) is 10.6. The Kier molecular flexibility index (Phi) is 4.97. The van der Waals surface area contributed by atoms with Crippen LogP contribution in [0.5, 0.6) is 0 Å². The monoisotopic (exact) mass is 508 g/mol. The molecule has 0 aromatic heterocycles. The number of ether oxygens (including phenoxy) is 1. The predicted octanol–water partition coefficient (Wildman–Crippen LogP) is 5.64. The number of aliphatic hydroxyl groups is 1. The number of carbonyl (C=O) groups excluding carboxylic acids is 1. The number of hydrogen-bond acceptors (Lipinski definition) is 3. The lowest BCUT2D eigenvalue weighted by Crippen LogP contribution is -2.59. The largest absolute Gasteiger partial charge is 0.462 e. The Bertz CT molecular complexity index is 704. The van der Waals surface area contributed by atoms with Gasteiger partial charge in [0.2, 0.25) is 0 Å². The lowest BCUT2D eigenvalue weighted by Gasteiger charge is -2.59. The van der Waals surface area contributed by atoms with Gasteiger partial charge in [0, 0.05) is 41.4 Å². The molecule has 0 aromatic rings. The van der Waals surface area contributed by atoms with Crippen LogP contribution < -0.4 is 0 Å². The third-order valence-corrected chi connectivity index (χ3v) is 9.90. The van der Waals surface area contributed by atoms with Crippen LogP contribution in [0, 0.1) is 28.6 Å². The average Bonchev–Trinajstić information content (AvgIpc) is 2.87. The van der Waals surface area contributed by atoms with Crippen molar-refractivity contribution in [3.05, 3.63) is 11.6 Å². The molecule has 0 aromatic carbocycles. The molecule has 0 radical (unpaired) electrons. The summed E-state index contributed by atoms with van der Waals surface area (Å²) in [5.41, 5.74) is -1.18. The van der Waals surface area contributed by atoms with Gasteiger partial charge in [0.25, 0.3) is 0 Å². The number of carbonyl (C=O) groups is 1. The molecule has 4 rings (SSSR count). The molecule has 0 heterocycles. The minimum Gasteiger partial charge on any atom is -0.462 e. The van der Waals surface area contributed by atoms with Crippen LogP contribution in [-0.4, -0.2) is 26.7 Å². The average molecular weight is 508 g/mol. The van der Waals surface area contributed by atoms with Crippen LogP contribution in [0.25, 0.3) is 0 Å². The van der Waals surface area contributed by atoms with E-state index in [1.165, 1.54) is 12.5 Å². The zero-order valence-corrected chi connectivity index (χ0v) is 19.1. The number of halogens is 3. The van der Waals surface area contributed by atoms with Crippen LogP contribution >= 0.6 is 22.6 Å². The van der Waals surface area contributed by atoms with Crippen LogP contribution in [0.2, 0.25) is 0 Å². The Morgan fingerprint density at radius 2 is 1.89 bits per heavy atom. The fourth-order valence-corrected chi connectivity index (χ4v) is 8.33. The Hall–Kier alpha value is -0.240. The van der Waals surface area contributed by atoms with Crippen LogP contribution in [0.1, 0.15) is 72.1 Å². The van der Waals surface area contributed by atoms with E-state index in [1.807, 2.05) is 6.92 Å². The summed E-state index contributed by atoms with van der Waals surface area (Å²) in [6.45, 7) is 5.70. The molecule has 0 spiro atoms. The van der Waals surface area contributed by atoms with E-state index in [9.17, 15) is 18.7 Å². The number of hydrogen-bond donors (Lipinski definition) is 1. The smallest absolute Gasteiger partial charge is 0.324 e. The van der Waals surface area contributed by atoms with Crippen molar-refractivity contribution >= 4 is 28.6 Å². The normalized spacial score (nSPS) is 48.2. The molecule has 3 nitrogen and oxygen atoms in total. The number of esters is 1. The van der Waals surface area contributed by atoms with Crippen molar-refractivity contribution in [3.63, 3.8) is 0 Å². The maximum Gasteiger partial charge on any atom is 0.324 e. The van der Waals surface area contributed by atoms with Gasteiger partial charge < -0.3 is 9.84 Å². The third kappa shape index (κ3) is 2.83. The van der Waals surface area contributed by atoms with E-state index in [4.69, 9.17) is 4.74 Å². The number of allylic oxidation sites excluding steroid dienone is 1. The van der Waals surface area contributed by atoms with Gasteiger partial charge in [-0.05, 0) is 68.1 Å². The van der Waals surface area contributed by atoms with Crippen molar-refractivity contribution in [2.75, 3.05) is 0 Å². The summed E-state index contributed by atoms with van der Waals surface area (Å²) in [6.07, 6.45) is 8.24. The topological polar surface area (TPSA) is 46.5 Å². The summed E-state index contributed by atoms with van der Waals surface area (Å²) in [7, 11) is 0. The summed E-state index contributed by atoms with van der Waals surface area (Å²) in [5.74, 6) is 0.735. The SMILES string of the molecule is CC(=O)O[C@H]1CC[C@@]2(C)C(=CC[C@@H]3[C@@H]2CC[C@@]2(C)[C@H]3CCC2(O)C(F)(F)I)C1. The zero-order chi connectivity index (χ0) is 20.5. The van der Waals surface area contributed by atoms with Gasteiger partial charge in [-0.15, -0.1) is 0 Å². The molecular weight excluding hydrogens is 477 g/mol. The van der Waals surface area contributed by atoms with Crippen molar-refractivity contribution < 1.29 is 23.4 Å². The molecule has 4 aliphatic carbocycles. The zero-order valence-electron chi connectivity index (χ0n) is 16.9. The minimum absolute atomic E-state index is 0.0310. The number of alkyl halides is 3. The van der Waals surface area contributed by atoms with E-state index < -0.39 is 14.9 Å². The Labute approximate surface area is 179 Å². The lowest BCUT2D eigenvalue weighted by molar-refractivity contribution is -0.195. The first-order valence-corrected chi connectivity index (χ1v) is 11.7. The highest BCUT2D eigenvalue weighted by Crippen LogP contribution is 2.69. The molecule has 7 atom stereocenters. The van der Waals surface area contributed by atoms with E-state index in [0.29, 0.717) is 24.7 Å². The first kappa shape index (κ1) is 21.0. The molecule has 3 fully saturated rings. The van der Waals surface area contributed by atoms with E-state index in [-0.39, 0.29) is 29.8 Å². The molecule has 0 amide bonds. The Morgan fingerprint density at radius 3 is 2.54 bits per heavy atom. The summed E-state index contributed by atoms with van der Waals surface area (Å²) >= 11 is 1.15. The number of fused-ring (bicyclic) bond motifs is 5. The first-order chi connectivity index (χ1) is 12.9. The van der Waals surface area contributed by atoms with Gasteiger partial charge in [-0.1, -0.05) is 25.5 Å². The second-order valence-corrected chi connectivity index (χ2v) is 11.4. The van der Waals surface area contributed by atoms with Gasteiger partial charge in [-0.25, -0.2) is 0 Å². The molecule has 1 N–H and O–H groups in total. The van der Waals surface area contributed by atoms with Crippen molar-refractivity contribution in [2.45, 2.75) is 87.8 Å². The van der Waals surface area contributed by atoms with Crippen LogP contribution in [0.3, 0.4) is 0 Å². The van der Waals surface area contributed by atoms with Crippen molar-refractivity contribution in [1.29, 1.82) is 0 Å². The van der Waals surface area contributed by atoms with Crippen LogP contribution in [0.4, 0.5) is 8.78 Å². The quantitative estimate of drug-likeness (QED) is 0.227. The fraction of sp³-hybridized carbons (Fsp3) is 0.864. The van der Waals surface area contributed by atoms with Gasteiger partial charge in [0.15, 0.2) is 0 Å². The molecular formula is C22H31F2IO3. The lowest BCUT2D eigenvalue weighted by atomic mass is 9.47. The van der Waals surface area contributed by atoms with E-state index in [0.717, 1.165) is 54.7 Å². The summed E-state index contributed by atoms with van der Waals surface area (Å²) in [4.78, 5) is 11.4. The number of rotatable bonds is 2. The van der Waals surface area contributed by atoms with Gasteiger partial charge in [-0.3, -0.25) is 4.79 Å². The third-order valence-electron chi connectivity index (χ3n) is 9.01. The molecule has 0 saturated heterocycles. The van der Waals surface area contributed by atoms with Gasteiger partial charge in [-0.2, -0.15) is 8.78 Å². The maximum atomic E-state index is 14.4. The Morgan fingerprint density at radius 1 is 1.21 bits per heavy atom. The summed E-state index contributed by atoms with van der Waals surface area (Å²) in [6, 6.07) is 0. The Balaban J connectivity index is 1.62. The molecule has 4 aliphatic rings. The van der Waals surface area contributed by atoms with E-state index in [1.54, 1.807) is 0 Å². The van der Waals surface area contributed by atoms with Gasteiger partial charge in [0.05, 0.1) is 0 Å². The van der Waals surface area contributed by atoms with Gasteiger partial charge in [0.1, 0.15) is 11.7 Å². The maximum absolute atomic E-state index is 14.4. The summed E-state index contributed by atoms with van der Waals surface area (Å²) < 4.78 is 31.2. The standard InChI is InChI=1S/C22H31F2IO3/c1-13(26)28-15-6-9-19(2)14(12-15)4-5-16-17(19)7-10-20(3)18(16)8-11-21(20,27)22(23,24)25/h4,15-18,27H,5-12H2,1-3H3/t15-,16+,17-,18-,19-,20-,21?/m0/s1. The molecule has 0 bridgehead atoms. The van der Waals surface area contributed by atoms with E-state index >= 15 is 0 Å². The van der Waals surface area contributed by atoms with Gasteiger partial charge >= 0.3 is 9.90 Å².